The van der Waals surface area contributed by atoms with E-state index >= 15 is 0 Å². The Morgan fingerprint density at radius 1 is 1.21 bits per heavy atom. The molecule has 0 aromatic heterocycles. The zero-order valence-electron chi connectivity index (χ0n) is 14.1. The van der Waals surface area contributed by atoms with Crippen LogP contribution >= 0.6 is 0 Å². The van der Waals surface area contributed by atoms with Crippen LogP contribution < -0.4 is 10.6 Å². The molecule has 0 unspecified atom stereocenters. The van der Waals surface area contributed by atoms with Crippen molar-refractivity contribution in [3.8, 4) is 0 Å². The minimum atomic E-state index is -0.122. The third kappa shape index (κ3) is 6.14. The number of nitrogens with one attached hydrogen (secondary N) is 2. The smallest absolute Gasteiger partial charge is 0.251 e. The van der Waals surface area contributed by atoms with Crippen LogP contribution in [0.5, 0.6) is 0 Å². The largest absolute Gasteiger partial charge is 0.379 e. The Hall–Kier alpha value is -2.18. The molecule has 24 heavy (non-hydrogen) atoms. The molecule has 130 valence electrons. The van der Waals surface area contributed by atoms with Crippen LogP contribution in [-0.4, -0.2) is 63.2 Å². The van der Waals surface area contributed by atoms with Crippen molar-refractivity contribution in [3.05, 3.63) is 41.5 Å². The highest BCUT2D eigenvalue weighted by Gasteiger charge is 2.09. The van der Waals surface area contributed by atoms with E-state index in [0.29, 0.717) is 12.1 Å². The summed E-state index contributed by atoms with van der Waals surface area (Å²) < 4.78 is 5.30. The Balaban J connectivity index is 1.67. The molecule has 1 aromatic carbocycles. The van der Waals surface area contributed by atoms with Crippen molar-refractivity contribution in [2.75, 3.05) is 46.4 Å². The maximum absolute atomic E-state index is 11.8. The first-order valence-electron chi connectivity index (χ1n) is 8.27. The SMILES string of the molecule is CNC(=O)c1ccc(C=CC(=O)NCCCN2CCOCC2)cc1. The summed E-state index contributed by atoms with van der Waals surface area (Å²) in [7, 11) is 1.60. The first kappa shape index (κ1) is 18.2. The second kappa shape index (κ2) is 9.85. The van der Waals surface area contributed by atoms with E-state index < -0.39 is 0 Å². The van der Waals surface area contributed by atoms with Crippen LogP contribution in [0.1, 0.15) is 22.3 Å². The van der Waals surface area contributed by atoms with Gasteiger partial charge in [0.15, 0.2) is 0 Å². The minimum absolute atomic E-state index is 0.104. The molecule has 0 radical (unpaired) electrons. The van der Waals surface area contributed by atoms with Gasteiger partial charge in [0, 0.05) is 38.3 Å². The average molecular weight is 331 g/mol. The van der Waals surface area contributed by atoms with Crippen LogP contribution in [0, 0.1) is 0 Å². The molecule has 0 spiro atoms. The van der Waals surface area contributed by atoms with Crippen LogP contribution in [0.2, 0.25) is 0 Å². The molecule has 1 aliphatic heterocycles. The third-order valence-electron chi connectivity index (χ3n) is 3.88. The van der Waals surface area contributed by atoms with Gasteiger partial charge in [0.2, 0.25) is 5.91 Å². The first-order valence-corrected chi connectivity index (χ1v) is 8.27. The quantitative estimate of drug-likeness (QED) is 0.575. The summed E-state index contributed by atoms with van der Waals surface area (Å²) in [6.07, 6.45) is 4.19. The van der Waals surface area contributed by atoms with Gasteiger partial charge < -0.3 is 15.4 Å². The van der Waals surface area contributed by atoms with E-state index in [0.717, 1.165) is 44.8 Å². The van der Waals surface area contributed by atoms with E-state index in [1.54, 1.807) is 25.3 Å². The van der Waals surface area contributed by atoms with Gasteiger partial charge >= 0.3 is 0 Å². The van der Waals surface area contributed by atoms with Crippen LogP contribution in [0.3, 0.4) is 0 Å². The summed E-state index contributed by atoms with van der Waals surface area (Å²) in [5, 5.41) is 5.46. The van der Waals surface area contributed by atoms with Gasteiger partial charge in [-0.15, -0.1) is 0 Å². The predicted molar refractivity (Wildman–Crippen MR) is 93.8 cm³/mol. The van der Waals surface area contributed by atoms with Gasteiger partial charge in [-0.25, -0.2) is 0 Å². The topological polar surface area (TPSA) is 70.7 Å². The Morgan fingerprint density at radius 3 is 2.58 bits per heavy atom. The van der Waals surface area contributed by atoms with Crippen LogP contribution in [-0.2, 0) is 9.53 Å². The normalized spacial score (nSPS) is 15.4. The highest BCUT2D eigenvalue weighted by atomic mass is 16.5. The fraction of sp³-hybridized carbons (Fsp3) is 0.444. The van der Waals surface area contributed by atoms with Crippen LogP contribution in [0.4, 0.5) is 0 Å². The fourth-order valence-corrected chi connectivity index (χ4v) is 2.46. The molecule has 1 aromatic rings. The molecule has 0 saturated carbocycles. The van der Waals surface area contributed by atoms with Crippen molar-refractivity contribution in [3.63, 3.8) is 0 Å². The average Bonchev–Trinajstić information content (AvgIpc) is 2.64. The molecule has 6 heteroatoms. The number of carbonyl (C=O) groups excluding carboxylic acids is 2. The standard InChI is InChI=1S/C18H25N3O3/c1-19-18(23)16-6-3-15(4-7-16)5-8-17(22)20-9-2-10-21-11-13-24-14-12-21/h3-8H,2,9-14H2,1H3,(H,19,23)(H,20,22). The maximum Gasteiger partial charge on any atom is 0.251 e. The lowest BCUT2D eigenvalue weighted by Gasteiger charge is -2.26. The minimum Gasteiger partial charge on any atom is -0.379 e. The second-order valence-corrected chi connectivity index (χ2v) is 5.63. The Morgan fingerprint density at radius 2 is 1.92 bits per heavy atom. The number of hydrogen-bond acceptors (Lipinski definition) is 4. The zero-order valence-corrected chi connectivity index (χ0v) is 14.1. The lowest BCUT2D eigenvalue weighted by atomic mass is 10.1. The monoisotopic (exact) mass is 331 g/mol. The van der Waals surface area contributed by atoms with Crippen LogP contribution in [0.15, 0.2) is 30.3 Å². The van der Waals surface area contributed by atoms with E-state index in [9.17, 15) is 9.59 Å². The van der Waals surface area contributed by atoms with E-state index in [-0.39, 0.29) is 11.8 Å². The highest BCUT2D eigenvalue weighted by Crippen LogP contribution is 2.06. The summed E-state index contributed by atoms with van der Waals surface area (Å²) in [6.45, 7) is 5.19. The van der Waals surface area contributed by atoms with E-state index in [1.807, 2.05) is 12.1 Å². The highest BCUT2D eigenvalue weighted by molar-refractivity contribution is 5.94. The molecule has 0 bridgehead atoms. The van der Waals surface area contributed by atoms with Gasteiger partial charge in [0.1, 0.15) is 0 Å². The molecule has 2 amide bonds. The summed E-state index contributed by atoms with van der Waals surface area (Å²) in [6, 6.07) is 7.09. The molecular formula is C18H25N3O3. The maximum atomic E-state index is 11.8. The predicted octanol–water partition coefficient (Wildman–Crippen LogP) is 0.898. The lowest BCUT2D eigenvalue weighted by molar-refractivity contribution is -0.116. The number of morpholine rings is 1. The number of rotatable bonds is 7. The number of ether oxygens (including phenoxy) is 1. The number of benzene rings is 1. The van der Waals surface area contributed by atoms with E-state index in [4.69, 9.17) is 4.74 Å². The van der Waals surface area contributed by atoms with Crippen molar-refractivity contribution in [2.24, 2.45) is 0 Å². The van der Waals surface area contributed by atoms with Gasteiger partial charge in [-0.3, -0.25) is 14.5 Å². The second-order valence-electron chi connectivity index (χ2n) is 5.63. The van der Waals surface area contributed by atoms with E-state index in [1.165, 1.54) is 6.08 Å². The molecular weight excluding hydrogens is 306 g/mol. The first-order chi connectivity index (χ1) is 11.7. The summed E-state index contributed by atoms with van der Waals surface area (Å²) >= 11 is 0. The molecule has 1 aliphatic rings. The number of nitrogens with zero attached hydrogens (tertiary/aromatic N) is 1. The zero-order chi connectivity index (χ0) is 17.2. The van der Waals surface area contributed by atoms with Crippen molar-refractivity contribution in [1.82, 2.24) is 15.5 Å². The Kier molecular flexibility index (Phi) is 7.45. The molecule has 0 aliphatic carbocycles. The number of amides is 2. The van der Waals surface area contributed by atoms with Gasteiger partial charge in [-0.1, -0.05) is 12.1 Å². The fourth-order valence-electron chi connectivity index (χ4n) is 2.46. The van der Waals surface area contributed by atoms with Crippen molar-refractivity contribution in [1.29, 1.82) is 0 Å². The lowest BCUT2D eigenvalue weighted by Crippen LogP contribution is -2.38. The molecule has 2 N–H and O–H groups in total. The van der Waals surface area contributed by atoms with Crippen LogP contribution in [0.25, 0.3) is 6.08 Å². The van der Waals surface area contributed by atoms with E-state index in [2.05, 4.69) is 15.5 Å². The molecule has 6 nitrogen and oxygen atoms in total. The molecule has 2 rings (SSSR count). The van der Waals surface area contributed by atoms with Gasteiger partial charge in [0.05, 0.1) is 13.2 Å². The summed E-state index contributed by atoms with van der Waals surface area (Å²) in [4.78, 5) is 25.6. The third-order valence-corrected chi connectivity index (χ3v) is 3.88. The number of hydrogen-bond donors (Lipinski definition) is 2. The van der Waals surface area contributed by atoms with Crippen molar-refractivity contribution in [2.45, 2.75) is 6.42 Å². The number of carbonyl (C=O) groups is 2. The summed E-state index contributed by atoms with van der Waals surface area (Å²) in [5.41, 5.74) is 1.48. The van der Waals surface area contributed by atoms with Gasteiger partial charge in [-0.05, 0) is 36.7 Å². The Labute approximate surface area is 142 Å². The van der Waals surface area contributed by atoms with Crippen molar-refractivity contribution >= 4 is 17.9 Å². The van der Waals surface area contributed by atoms with Crippen molar-refractivity contribution < 1.29 is 14.3 Å². The summed E-state index contributed by atoms with van der Waals surface area (Å²) in [5.74, 6) is -0.226. The van der Waals surface area contributed by atoms with Gasteiger partial charge in [0.25, 0.3) is 5.91 Å². The van der Waals surface area contributed by atoms with Gasteiger partial charge in [-0.2, -0.15) is 0 Å². The molecule has 0 atom stereocenters. The molecule has 1 fully saturated rings. The molecule has 1 heterocycles. The Bertz CT molecular complexity index is 563. The molecule has 1 saturated heterocycles.